The normalized spacial score (nSPS) is 15.6. The van der Waals surface area contributed by atoms with E-state index in [0.717, 1.165) is 6.42 Å². The van der Waals surface area contributed by atoms with Crippen LogP contribution in [0.2, 0.25) is 0 Å². The number of hydrogen-bond donors (Lipinski definition) is 0. The zero-order valence-electron chi connectivity index (χ0n) is 29.6. The molecule has 1 atom stereocenters. The number of allylic oxidation sites excluding steroid dienone is 6. The van der Waals surface area contributed by atoms with Crippen LogP contribution in [-0.2, 0) is 14.3 Å². The molecule has 0 nitrogen and oxygen atoms in total. The van der Waals surface area contributed by atoms with Crippen molar-refractivity contribution in [2.75, 3.05) is 0 Å². The molecule has 0 aromatic heterocycles. The Balaban J connectivity index is 0.000000154. The van der Waals surface area contributed by atoms with E-state index in [4.69, 9.17) is 0 Å². The van der Waals surface area contributed by atoms with Crippen LogP contribution in [0.1, 0.15) is 33.5 Å². The van der Waals surface area contributed by atoms with Crippen molar-refractivity contribution in [3.8, 4) is 0 Å². The van der Waals surface area contributed by atoms with Crippen molar-refractivity contribution in [3.05, 3.63) is 258 Å². The first-order valence-electron chi connectivity index (χ1n) is 18.3. The first-order chi connectivity index (χ1) is 26.3. The van der Waals surface area contributed by atoms with E-state index in [1.54, 1.807) is 5.31 Å². The van der Waals surface area contributed by atoms with Gasteiger partial charge in [-0.05, 0) is 0 Å². The van der Waals surface area contributed by atoms with Crippen LogP contribution >= 0.6 is 7.26 Å². The fraction of sp³-hybridized carbons (Fsp3) is 0.0392. The van der Waals surface area contributed by atoms with E-state index in [0.29, 0.717) is 4.85 Å². The summed E-state index contributed by atoms with van der Waals surface area (Å²) in [7, 11) is -2.19. The molecule has 0 fully saturated rings. The minimum absolute atomic E-state index is 0.320. The topological polar surface area (TPSA) is 0 Å². The van der Waals surface area contributed by atoms with Gasteiger partial charge in [0.25, 0.3) is 0 Å². The first-order valence-corrected chi connectivity index (χ1v) is 21.4. The molecular formula is C51H42CoP. The van der Waals surface area contributed by atoms with Gasteiger partial charge in [-0.25, -0.2) is 0 Å². The third-order valence-corrected chi connectivity index (χ3v) is 16.8. The number of hydrogen-bond acceptors (Lipinski definition) is 0. The third kappa shape index (κ3) is 7.17. The molecule has 0 bridgehead atoms. The first kappa shape index (κ1) is 34.6. The Morgan fingerprint density at radius 2 is 0.811 bits per heavy atom. The second-order valence-electron chi connectivity index (χ2n) is 13.2. The molecule has 0 saturated carbocycles. The summed E-state index contributed by atoms with van der Waals surface area (Å²) in [5, 5.41) is 5.93. The van der Waals surface area contributed by atoms with Crippen molar-refractivity contribution in [2.24, 2.45) is 0 Å². The van der Waals surface area contributed by atoms with E-state index in [1.807, 2.05) is 0 Å². The Morgan fingerprint density at radius 3 is 1.25 bits per heavy atom. The van der Waals surface area contributed by atoms with Crippen LogP contribution in [0.15, 0.2) is 236 Å². The van der Waals surface area contributed by atoms with Gasteiger partial charge in [-0.2, -0.15) is 0 Å². The van der Waals surface area contributed by atoms with E-state index in [9.17, 15) is 0 Å². The molecule has 0 saturated heterocycles. The molecule has 1 aliphatic heterocycles. The number of rotatable bonds is 8. The molecule has 0 spiro atoms. The second-order valence-corrected chi connectivity index (χ2v) is 18.5. The van der Waals surface area contributed by atoms with Gasteiger partial charge in [0, 0.05) is 0 Å². The fourth-order valence-electron chi connectivity index (χ4n) is 7.67. The Hall–Kier alpha value is -5.43. The summed E-state index contributed by atoms with van der Waals surface area (Å²) in [6.07, 6.45) is 7.89. The van der Waals surface area contributed by atoms with Gasteiger partial charge in [-0.15, -0.1) is 0 Å². The van der Waals surface area contributed by atoms with Crippen LogP contribution in [0.4, 0.5) is 0 Å². The van der Waals surface area contributed by atoms with Crippen molar-refractivity contribution in [1.82, 2.24) is 0 Å². The average Bonchev–Trinajstić information content (AvgIpc) is 3.94. The minimum atomic E-state index is -2.19. The van der Waals surface area contributed by atoms with Crippen LogP contribution in [0.5, 0.6) is 0 Å². The Kier molecular flexibility index (Phi) is 10.8. The molecule has 0 N–H and O–H groups in total. The van der Waals surface area contributed by atoms with E-state index in [-0.39, 0.29) is 0 Å². The predicted octanol–water partition coefficient (Wildman–Crippen LogP) is 11.2. The van der Waals surface area contributed by atoms with Crippen LogP contribution in [0.3, 0.4) is 0 Å². The molecule has 1 heterocycles. The van der Waals surface area contributed by atoms with Gasteiger partial charge >= 0.3 is 322 Å². The SMILES string of the molecule is C1=CCC([PH](c2ccccc2)(c2ccccc2)c2ccccc2)=C1.c1ccc([C]2=[Co][CH](c3ccccc3)C(c3ccccc3)=C2c2ccccc2)cc1. The van der Waals surface area contributed by atoms with Crippen molar-refractivity contribution in [1.29, 1.82) is 0 Å². The summed E-state index contributed by atoms with van der Waals surface area (Å²) >= 11 is 1.37. The molecule has 260 valence electrons. The summed E-state index contributed by atoms with van der Waals surface area (Å²) in [4.78, 5) is 0.320. The molecule has 1 aliphatic carbocycles. The summed E-state index contributed by atoms with van der Waals surface area (Å²) in [5.74, 6) is 0. The molecule has 7 aromatic rings. The molecule has 0 amide bonds. The Labute approximate surface area is 320 Å². The van der Waals surface area contributed by atoms with Crippen LogP contribution in [0, 0.1) is 0 Å². The zero-order valence-corrected chi connectivity index (χ0v) is 31.6. The van der Waals surface area contributed by atoms with Crippen LogP contribution < -0.4 is 15.9 Å². The van der Waals surface area contributed by atoms with Gasteiger partial charge < -0.3 is 0 Å². The summed E-state index contributed by atoms with van der Waals surface area (Å²) in [6.45, 7) is 0. The van der Waals surface area contributed by atoms with Gasteiger partial charge in [0.2, 0.25) is 0 Å². The van der Waals surface area contributed by atoms with Gasteiger partial charge in [0.15, 0.2) is 0 Å². The third-order valence-electron chi connectivity index (χ3n) is 10.0. The fourth-order valence-corrected chi connectivity index (χ4v) is 14.6. The average molecular weight is 745 g/mol. The van der Waals surface area contributed by atoms with Gasteiger partial charge in [-0.3, -0.25) is 0 Å². The quantitative estimate of drug-likeness (QED) is 0.136. The summed E-state index contributed by atoms with van der Waals surface area (Å²) in [5.41, 5.74) is 8.05. The molecule has 53 heavy (non-hydrogen) atoms. The standard InChI is InChI=1S/C28H21.C23H21P.Co/c1-5-13-23(14-6-1)21-27(25-17-9-3-10-18-25)28(26-19-11-4-12-20-26)22-24-15-7-2-8-16-24;1-4-12-20(13-5-1)24(23-18-10-11-19-23,21-14-6-2-7-15-21)22-16-8-3-9-17-22;/h1-21H;1-18,24H,19H2;. The van der Waals surface area contributed by atoms with E-state index in [1.165, 1.54) is 68.0 Å². The van der Waals surface area contributed by atoms with Gasteiger partial charge in [0.1, 0.15) is 0 Å². The van der Waals surface area contributed by atoms with Gasteiger partial charge in [-0.1, -0.05) is 0 Å². The zero-order chi connectivity index (χ0) is 35.7. The molecule has 2 heteroatoms. The van der Waals surface area contributed by atoms with E-state index in [2.05, 4.69) is 231 Å². The van der Waals surface area contributed by atoms with Gasteiger partial charge in [0.05, 0.1) is 0 Å². The molecule has 1 unspecified atom stereocenters. The van der Waals surface area contributed by atoms with Crippen molar-refractivity contribution >= 4 is 38.8 Å². The van der Waals surface area contributed by atoms with Crippen molar-refractivity contribution in [2.45, 2.75) is 11.3 Å². The predicted molar refractivity (Wildman–Crippen MR) is 228 cm³/mol. The van der Waals surface area contributed by atoms with Crippen LogP contribution in [-0.4, -0.2) is 4.45 Å². The Morgan fingerprint density at radius 1 is 0.415 bits per heavy atom. The second kappa shape index (κ2) is 16.5. The molecule has 0 radical (unpaired) electrons. The van der Waals surface area contributed by atoms with E-state index < -0.39 is 7.26 Å². The van der Waals surface area contributed by atoms with Crippen molar-refractivity contribution < 1.29 is 14.3 Å². The molecule has 7 aromatic carbocycles. The van der Waals surface area contributed by atoms with E-state index >= 15 is 0 Å². The summed E-state index contributed by atoms with van der Waals surface area (Å²) < 4.78 is 1.40. The molecule has 9 rings (SSSR count). The Bertz CT molecular complexity index is 2270. The molecule has 2 aliphatic rings. The molecular weight excluding hydrogens is 702 g/mol. The number of benzene rings is 7. The van der Waals surface area contributed by atoms with Crippen LogP contribution in [0.25, 0.3) is 11.1 Å². The monoisotopic (exact) mass is 744 g/mol. The summed E-state index contributed by atoms with van der Waals surface area (Å²) in [6, 6.07) is 76.7. The maximum absolute atomic E-state index is 2.35. The van der Waals surface area contributed by atoms with Crippen molar-refractivity contribution in [3.63, 3.8) is 0 Å². The maximum atomic E-state index is 2.35.